The number of ether oxygens (including phenoxy) is 1. The van der Waals surface area contributed by atoms with E-state index < -0.39 is 64.0 Å². The molecule has 1 heterocycles. The van der Waals surface area contributed by atoms with E-state index in [2.05, 4.69) is 10.2 Å². The number of benzene rings is 1. The molecule has 4 aliphatic rings. The van der Waals surface area contributed by atoms with Crippen LogP contribution >= 0.6 is 0 Å². The zero-order valence-corrected chi connectivity index (χ0v) is 22.5. The molecule has 1 saturated carbocycles. The van der Waals surface area contributed by atoms with Crippen LogP contribution in [0.25, 0.3) is 5.76 Å². The van der Waals surface area contributed by atoms with Gasteiger partial charge in [-0.25, -0.2) is 0 Å². The number of carbonyl (C=O) groups is 4. The minimum absolute atomic E-state index is 0.0174. The Kier molecular flexibility index (Phi) is 6.66. The van der Waals surface area contributed by atoms with E-state index in [1.165, 1.54) is 13.2 Å². The summed E-state index contributed by atoms with van der Waals surface area (Å²) in [6.45, 7) is 4.85. The number of aromatic hydroxyl groups is 1. The molecule has 0 unspecified atom stereocenters. The Balaban J connectivity index is 1.70. The van der Waals surface area contributed by atoms with Crippen molar-refractivity contribution >= 4 is 29.1 Å². The number of aliphatic hydroxyl groups is 3. The fourth-order valence-electron chi connectivity index (χ4n) is 7.18. The van der Waals surface area contributed by atoms with Crippen LogP contribution in [0.2, 0.25) is 0 Å². The lowest BCUT2D eigenvalue weighted by Gasteiger charge is -2.49. The number of aliphatic hydroxyl groups excluding tert-OH is 2. The van der Waals surface area contributed by atoms with E-state index in [1.54, 1.807) is 0 Å². The number of amides is 2. The number of carbonyl (C=O) groups excluding carboxylic acids is 4. The van der Waals surface area contributed by atoms with Gasteiger partial charge >= 0.3 is 0 Å². The molecule has 0 spiro atoms. The Morgan fingerprint density at radius 2 is 1.95 bits per heavy atom. The zero-order valence-electron chi connectivity index (χ0n) is 22.5. The molecule has 5 atom stereocenters. The first-order valence-electron chi connectivity index (χ1n) is 13.3. The average molecular weight is 556 g/mol. The summed E-state index contributed by atoms with van der Waals surface area (Å²) >= 11 is 0. The number of fused-ring (bicyclic) bond motifs is 3. The SMILES string of the molecule is CCN1CCC[C@H]1c1cc(O)c2c(c1OC)C[C@H]1C[C@H]3[C@H](NC(C)=O)C(=O)C(C(N)=O)=C(O)[C@@]3(O)C(=O)C1=C2O. The number of likely N-dealkylation sites (tertiary alicyclic amines) is 1. The van der Waals surface area contributed by atoms with Crippen LogP contribution in [0.4, 0.5) is 0 Å². The summed E-state index contributed by atoms with van der Waals surface area (Å²) in [4.78, 5) is 53.4. The van der Waals surface area contributed by atoms with Crippen molar-refractivity contribution in [2.24, 2.45) is 17.6 Å². The summed E-state index contributed by atoms with van der Waals surface area (Å²) in [5.41, 5.74) is 2.42. The first-order chi connectivity index (χ1) is 18.9. The van der Waals surface area contributed by atoms with Gasteiger partial charge in [0.25, 0.3) is 5.91 Å². The lowest BCUT2D eigenvalue weighted by molar-refractivity contribution is -0.151. The van der Waals surface area contributed by atoms with Gasteiger partial charge in [0.1, 0.15) is 28.6 Å². The van der Waals surface area contributed by atoms with Crippen molar-refractivity contribution in [2.75, 3.05) is 20.2 Å². The van der Waals surface area contributed by atoms with E-state index >= 15 is 0 Å². The molecule has 12 heteroatoms. The molecule has 1 aliphatic heterocycles. The maximum atomic E-state index is 13.9. The summed E-state index contributed by atoms with van der Waals surface area (Å²) in [6, 6.07) is -0.0308. The molecular weight excluding hydrogens is 522 g/mol. The molecule has 3 aliphatic carbocycles. The number of rotatable bonds is 5. The second kappa shape index (κ2) is 9.63. The van der Waals surface area contributed by atoms with Crippen molar-refractivity contribution in [3.05, 3.63) is 39.7 Å². The number of hydrogen-bond donors (Lipinski definition) is 6. The van der Waals surface area contributed by atoms with Gasteiger partial charge in [0.05, 0.1) is 18.7 Å². The van der Waals surface area contributed by atoms with Crippen LogP contribution in [0.1, 0.15) is 55.8 Å². The Bertz CT molecular complexity index is 1410. The molecule has 214 valence electrons. The molecule has 0 aromatic heterocycles. The third kappa shape index (κ3) is 3.73. The van der Waals surface area contributed by atoms with Gasteiger partial charge in [0, 0.05) is 35.6 Å². The lowest BCUT2D eigenvalue weighted by Crippen LogP contribution is -2.66. The van der Waals surface area contributed by atoms with Crippen LogP contribution in [0.5, 0.6) is 11.5 Å². The minimum atomic E-state index is -2.83. The van der Waals surface area contributed by atoms with Crippen LogP contribution in [0, 0.1) is 11.8 Å². The van der Waals surface area contributed by atoms with Crippen molar-refractivity contribution in [2.45, 2.75) is 57.2 Å². The highest BCUT2D eigenvalue weighted by atomic mass is 16.5. The molecule has 1 aromatic carbocycles. The highest BCUT2D eigenvalue weighted by Gasteiger charge is 2.64. The van der Waals surface area contributed by atoms with E-state index in [9.17, 15) is 39.6 Å². The maximum absolute atomic E-state index is 13.9. The van der Waals surface area contributed by atoms with Crippen LogP contribution in [-0.4, -0.2) is 80.5 Å². The fourth-order valence-corrected chi connectivity index (χ4v) is 7.18. The summed E-state index contributed by atoms with van der Waals surface area (Å²) in [6.07, 6.45) is 1.78. The molecule has 1 aromatic rings. The quantitative estimate of drug-likeness (QED) is 0.281. The van der Waals surface area contributed by atoms with Gasteiger partial charge in [0.15, 0.2) is 11.4 Å². The summed E-state index contributed by atoms with van der Waals surface area (Å²) in [5, 5.41) is 47.5. The number of ketones is 2. The second-order valence-corrected chi connectivity index (χ2v) is 10.9. The van der Waals surface area contributed by atoms with E-state index in [-0.39, 0.29) is 35.8 Å². The Morgan fingerprint density at radius 1 is 1.25 bits per heavy atom. The molecule has 2 amide bonds. The monoisotopic (exact) mass is 555 g/mol. The highest BCUT2D eigenvalue weighted by molar-refractivity contribution is 6.25. The molecule has 0 radical (unpaired) electrons. The van der Waals surface area contributed by atoms with Crippen LogP contribution in [-0.2, 0) is 25.6 Å². The number of nitrogens with two attached hydrogens (primary N) is 1. The number of hydrogen-bond acceptors (Lipinski definition) is 10. The number of Topliss-reactive ketones (excluding diaryl/α,β-unsaturated/α-hetero) is 2. The van der Waals surface area contributed by atoms with Crippen LogP contribution in [0.15, 0.2) is 23.0 Å². The minimum Gasteiger partial charge on any atom is -0.508 e. The maximum Gasteiger partial charge on any atom is 0.255 e. The number of phenolic OH excluding ortho intramolecular Hbond substituents is 1. The Morgan fingerprint density at radius 3 is 2.55 bits per heavy atom. The summed E-state index contributed by atoms with van der Waals surface area (Å²) in [7, 11) is 1.49. The fraction of sp³-hybridized carbons (Fsp3) is 0.500. The normalized spacial score (nSPS) is 30.1. The Hall–Kier alpha value is -3.90. The highest BCUT2D eigenvalue weighted by Crippen LogP contribution is 2.54. The van der Waals surface area contributed by atoms with Crippen molar-refractivity contribution in [1.82, 2.24) is 10.2 Å². The molecular formula is C28H33N3O9. The summed E-state index contributed by atoms with van der Waals surface area (Å²) < 4.78 is 5.82. The zero-order chi connectivity index (χ0) is 29.3. The van der Waals surface area contributed by atoms with E-state index in [0.717, 1.165) is 38.4 Å². The van der Waals surface area contributed by atoms with Crippen molar-refractivity contribution in [1.29, 1.82) is 0 Å². The molecule has 0 bridgehead atoms. The predicted molar refractivity (Wildman–Crippen MR) is 140 cm³/mol. The van der Waals surface area contributed by atoms with E-state index in [1.807, 2.05) is 6.92 Å². The molecule has 7 N–H and O–H groups in total. The molecule has 40 heavy (non-hydrogen) atoms. The molecule has 2 fully saturated rings. The van der Waals surface area contributed by atoms with Crippen molar-refractivity contribution < 1.29 is 44.3 Å². The average Bonchev–Trinajstić information content (AvgIpc) is 3.36. The third-order valence-electron chi connectivity index (χ3n) is 8.87. The second-order valence-electron chi connectivity index (χ2n) is 10.9. The van der Waals surface area contributed by atoms with E-state index in [4.69, 9.17) is 10.5 Å². The topological polar surface area (TPSA) is 200 Å². The molecule has 5 rings (SSSR count). The van der Waals surface area contributed by atoms with Crippen molar-refractivity contribution in [3.8, 4) is 11.5 Å². The van der Waals surface area contributed by atoms with Crippen LogP contribution in [0.3, 0.4) is 0 Å². The van der Waals surface area contributed by atoms with E-state index in [0.29, 0.717) is 11.3 Å². The third-order valence-corrected chi connectivity index (χ3v) is 8.87. The van der Waals surface area contributed by atoms with Gasteiger partial charge in [-0.1, -0.05) is 6.92 Å². The number of nitrogens with zero attached hydrogens (tertiary/aromatic N) is 1. The number of phenols is 1. The first-order valence-corrected chi connectivity index (χ1v) is 13.3. The standard InChI is InChI=1S/C28H33N3O9/c1-4-31-7-5-6-16(31)13-10-17(33)19-14(24(13)40-3)8-12-9-15-21(30-11(2)32)23(35)20(27(29)38)26(37)28(15,39)25(36)18(12)22(19)34/h10,12,15-16,21,33-34,37,39H,4-9H2,1-3H3,(H2,29,38)(H,30,32)/t12-,15-,16-,21-,28-/m0/s1. The summed E-state index contributed by atoms with van der Waals surface area (Å²) in [5.74, 6) is -7.96. The van der Waals surface area contributed by atoms with Gasteiger partial charge in [-0.2, -0.15) is 0 Å². The van der Waals surface area contributed by atoms with Crippen molar-refractivity contribution in [3.63, 3.8) is 0 Å². The predicted octanol–water partition coefficient (Wildman–Crippen LogP) is 0.704. The van der Waals surface area contributed by atoms with Gasteiger partial charge in [-0.15, -0.1) is 0 Å². The van der Waals surface area contributed by atoms with Gasteiger partial charge in [-0.3, -0.25) is 24.1 Å². The number of nitrogens with one attached hydrogen (secondary N) is 1. The lowest BCUT2D eigenvalue weighted by atomic mass is 9.57. The van der Waals surface area contributed by atoms with Crippen LogP contribution < -0.4 is 15.8 Å². The van der Waals surface area contributed by atoms with Gasteiger partial charge in [0.2, 0.25) is 11.7 Å². The first kappa shape index (κ1) is 27.7. The number of methoxy groups -OCH3 is 1. The van der Waals surface area contributed by atoms with Gasteiger partial charge < -0.3 is 36.2 Å². The molecule has 1 saturated heterocycles. The Labute approximate surface area is 230 Å². The molecule has 12 nitrogen and oxygen atoms in total. The largest absolute Gasteiger partial charge is 0.508 e. The smallest absolute Gasteiger partial charge is 0.255 e. The number of primary amides is 1. The van der Waals surface area contributed by atoms with Gasteiger partial charge in [-0.05, 0) is 50.8 Å².